The average Bonchev–Trinajstić information content (AvgIpc) is 2.43. The molecule has 0 amide bonds. The summed E-state index contributed by atoms with van der Waals surface area (Å²) < 4.78 is 7.67. The maximum atomic E-state index is 6.15. The first kappa shape index (κ1) is 16.7. The molecule has 5 heteroatoms. The van der Waals surface area contributed by atoms with Crippen molar-refractivity contribution in [3.63, 3.8) is 0 Å². The summed E-state index contributed by atoms with van der Waals surface area (Å²) in [5, 5.41) is 4.14. The van der Waals surface area contributed by atoms with Crippen LogP contribution in [0, 0.1) is 6.92 Å². The Hall–Kier alpha value is -0.710. The number of halogens is 3. The van der Waals surface area contributed by atoms with E-state index in [4.69, 9.17) is 16.3 Å². The molecule has 0 unspecified atom stereocenters. The second-order valence-electron chi connectivity index (χ2n) is 4.63. The van der Waals surface area contributed by atoms with Crippen LogP contribution in [0.2, 0.25) is 5.02 Å². The van der Waals surface area contributed by atoms with E-state index in [1.807, 2.05) is 38.1 Å². The molecule has 112 valence electrons. The SMILES string of the molecule is CCOc1c(Br)cc(Br)cc1CNc1ccc(C)c(Cl)c1. The van der Waals surface area contributed by atoms with E-state index in [-0.39, 0.29) is 0 Å². The minimum absolute atomic E-state index is 0.629. The lowest BCUT2D eigenvalue weighted by Gasteiger charge is -2.14. The van der Waals surface area contributed by atoms with Gasteiger partial charge >= 0.3 is 0 Å². The Morgan fingerprint density at radius 1 is 1.19 bits per heavy atom. The molecule has 0 heterocycles. The van der Waals surface area contributed by atoms with Crippen molar-refractivity contribution in [2.24, 2.45) is 0 Å². The van der Waals surface area contributed by atoms with E-state index in [1.165, 1.54) is 0 Å². The fraction of sp³-hybridized carbons (Fsp3) is 0.250. The average molecular weight is 434 g/mol. The number of nitrogens with one attached hydrogen (secondary N) is 1. The van der Waals surface area contributed by atoms with Gasteiger partial charge in [0.25, 0.3) is 0 Å². The van der Waals surface area contributed by atoms with Gasteiger partial charge in [-0.05, 0) is 59.6 Å². The highest BCUT2D eigenvalue weighted by Crippen LogP contribution is 2.33. The van der Waals surface area contributed by atoms with Gasteiger partial charge in [0, 0.05) is 27.3 Å². The van der Waals surface area contributed by atoms with Crippen molar-refractivity contribution >= 4 is 49.1 Å². The highest BCUT2D eigenvalue weighted by atomic mass is 79.9. The minimum Gasteiger partial charge on any atom is -0.492 e. The standard InChI is InChI=1S/C16H16Br2ClNO/c1-3-21-16-11(6-12(17)7-14(16)18)9-20-13-5-4-10(2)15(19)8-13/h4-8,20H,3,9H2,1-2H3. The third kappa shape index (κ3) is 4.38. The fourth-order valence-corrected chi connectivity index (χ4v) is 3.56. The molecule has 0 aromatic heterocycles. The van der Waals surface area contributed by atoms with E-state index < -0.39 is 0 Å². The molecule has 0 radical (unpaired) electrons. The van der Waals surface area contributed by atoms with E-state index in [0.717, 1.165) is 36.5 Å². The number of ether oxygens (including phenoxy) is 1. The molecule has 0 saturated carbocycles. The predicted octanol–water partition coefficient (Wildman–Crippen LogP) is 6.18. The lowest BCUT2D eigenvalue weighted by Crippen LogP contribution is -2.04. The normalized spacial score (nSPS) is 10.5. The monoisotopic (exact) mass is 431 g/mol. The molecule has 0 spiro atoms. The topological polar surface area (TPSA) is 21.3 Å². The van der Waals surface area contributed by atoms with Crippen molar-refractivity contribution < 1.29 is 4.74 Å². The van der Waals surface area contributed by atoms with Crippen molar-refractivity contribution in [1.29, 1.82) is 0 Å². The molecule has 0 atom stereocenters. The van der Waals surface area contributed by atoms with Crippen LogP contribution in [0.15, 0.2) is 39.3 Å². The summed E-state index contributed by atoms with van der Waals surface area (Å²) in [5.74, 6) is 0.867. The lowest BCUT2D eigenvalue weighted by molar-refractivity contribution is 0.334. The third-order valence-electron chi connectivity index (χ3n) is 3.03. The maximum Gasteiger partial charge on any atom is 0.138 e. The van der Waals surface area contributed by atoms with Gasteiger partial charge in [-0.25, -0.2) is 0 Å². The number of hydrogen-bond acceptors (Lipinski definition) is 2. The van der Waals surface area contributed by atoms with Gasteiger partial charge < -0.3 is 10.1 Å². The van der Waals surface area contributed by atoms with Crippen LogP contribution in [0.1, 0.15) is 18.1 Å². The van der Waals surface area contributed by atoms with Crippen molar-refractivity contribution in [2.45, 2.75) is 20.4 Å². The van der Waals surface area contributed by atoms with Crippen LogP contribution in [0.5, 0.6) is 5.75 Å². The zero-order chi connectivity index (χ0) is 15.4. The molecule has 2 aromatic carbocycles. The third-order valence-corrected chi connectivity index (χ3v) is 4.48. The van der Waals surface area contributed by atoms with Gasteiger partial charge in [0.2, 0.25) is 0 Å². The number of hydrogen-bond donors (Lipinski definition) is 1. The highest BCUT2D eigenvalue weighted by molar-refractivity contribution is 9.11. The fourth-order valence-electron chi connectivity index (χ4n) is 1.95. The Labute approximate surface area is 147 Å². The molecule has 0 bridgehead atoms. The van der Waals surface area contributed by atoms with Gasteiger partial charge in [0.15, 0.2) is 0 Å². The molecule has 1 N–H and O–H groups in total. The van der Waals surface area contributed by atoms with E-state index >= 15 is 0 Å². The molecule has 0 aliphatic heterocycles. The summed E-state index contributed by atoms with van der Waals surface area (Å²) in [5.41, 5.74) is 3.14. The summed E-state index contributed by atoms with van der Waals surface area (Å²) in [7, 11) is 0. The van der Waals surface area contributed by atoms with Crippen LogP contribution in [-0.4, -0.2) is 6.61 Å². The predicted molar refractivity (Wildman–Crippen MR) is 96.5 cm³/mol. The van der Waals surface area contributed by atoms with Crippen molar-refractivity contribution in [3.8, 4) is 5.75 Å². The molecule has 2 aromatic rings. The Morgan fingerprint density at radius 2 is 1.95 bits per heavy atom. The molecule has 0 aliphatic rings. The molecule has 0 aliphatic carbocycles. The van der Waals surface area contributed by atoms with Crippen LogP contribution in [0.25, 0.3) is 0 Å². The number of anilines is 1. The largest absolute Gasteiger partial charge is 0.492 e. The van der Waals surface area contributed by atoms with Gasteiger partial charge in [0.1, 0.15) is 5.75 Å². The van der Waals surface area contributed by atoms with Crippen LogP contribution < -0.4 is 10.1 Å². The molecule has 21 heavy (non-hydrogen) atoms. The molecule has 0 saturated heterocycles. The lowest BCUT2D eigenvalue weighted by atomic mass is 10.2. The summed E-state index contributed by atoms with van der Waals surface area (Å²) in [6.07, 6.45) is 0. The van der Waals surface area contributed by atoms with E-state index in [1.54, 1.807) is 0 Å². The molecule has 2 rings (SSSR count). The second kappa shape index (κ2) is 7.52. The van der Waals surface area contributed by atoms with E-state index in [9.17, 15) is 0 Å². The Bertz CT molecular complexity index is 646. The Kier molecular flexibility index (Phi) is 5.97. The zero-order valence-electron chi connectivity index (χ0n) is 11.8. The van der Waals surface area contributed by atoms with Crippen LogP contribution >= 0.6 is 43.5 Å². The summed E-state index contributed by atoms with van der Waals surface area (Å²) in [6.45, 7) is 5.26. The quantitative estimate of drug-likeness (QED) is 0.608. The molecule has 0 fully saturated rings. The molecule has 2 nitrogen and oxygen atoms in total. The van der Waals surface area contributed by atoms with Crippen molar-refractivity contribution in [1.82, 2.24) is 0 Å². The van der Waals surface area contributed by atoms with Crippen LogP contribution in [0.3, 0.4) is 0 Å². The van der Waals surface area contributed by atoms with Gasteiger partial charge in [-0.2, -0.15) is 0 Å². The highest BCUT2D eigenvalue weighted by Gasteiger charge is 2.10. The first-order chi connectivity index (χ1) is 10.0. The summed E-state index contributed by atoms with van der Waals surface area (Å²) in [6, 6.07) is 10.00. The molecular formula is C16H16Br2ClNO. The molecular weight excluding hydrogens is 417 g/mol. The van der Waals surface area contributed by atoms with E-state index in [0.29, 0.717) is 13.2 Å². The first-order valence-electron chi connectivity index (χ1n) is 6.62. The zero-order valence-corrected chi connectivity index (χ0v) is 15.8. The van der Waals surface area contributed by atoms with E-state index in [2.05, 4.69) is 43.2 Å². The van der Waals surface area contributed by atoms with Gasteiger partial charge in [-0.1, -0.05) is 33.6 Å². The minimum atomic E-state index is 0.629. The Balaban J connectivity index is 2.20. The first-order valence-corrected chi connectivity index (χ1v) is 8.58. The summed E-state index contributed by atoms with van der Waals surface area (Å²) >= 11 is 13.2. The van der Waals surface area contributed by atoms with Gasteiger partial charge in [0.05, 0.1) is 11.1 Å². The van der Waals surface area contributed by atoms with Crippen LogP contribution in [0.4, 0.5) is 5.69 Å². The second-order valence-corrected chi connectivity index (χ2v) is 6.80. The summed E-state index contributed by atoms with van der Waals surface area (Å²) in [4.78, 5) is 0. The number of rotatable bonds is 5. The van der Waals surface area contributed by atoms with Crippen molar-refractivity contribution in [2.75, 3.05) is 11.9 Å². The van der Waals surface area contributed by atoms with Crippen LogP contribution in [-0.2, 0) is 6.54 Å². The number of benzene rings is 2. The van der Waals surface area contributed by atoms with Gasteiger partial charge in [-0.3, -0.25) is 0 Å². The van der Waals surface area contributed by atoms with Gasteiger partial charge in [-0.15, -0.1) is 0 Å². The Morgan fingerprint density at radius 3 is 2.62 bits per heavy atom. The van der Waals surface area contributed by atoms with Crippen molar-refractivity contribution in [3.05, 3.63) is 55.4 Å². The maximum absolute atomic E-state index is 6.15. The smallest absolute Gasteiger partial charge is 0.138 e. The number of aryl methyl sites for hydroxylation is 1.